The molecule has 3 heteroatoms. The van der Waals surface area contributed by atoms with E-state index in [4.69, 9.17) is 5.11 Å². The topological polar surface area (TPSA) is 26.7 Å². The van der Waals surface area contributed by atoms with Crippen LogP contribution in [0.1, 0.15) is 24.0 Å². The van der Waals surface area contributed by atoms with Gasteiger partial charge in [0.2, 0.25) is 0 Å². The van der Waals surface area contributed by atoms with Gasteiger partial charge in [-0.15, -0.1) is 0 Å². The lowest BCUT2D eigenvalue weighted by Crippen LogP contribution is -2.46. The molecule has 0 bridgehead atoms. The van der Waals surface area contributed by atoms with Crippen LogP contribution in [0, 0.1) is 17.8 Å². The van der Waals surface area contributed by atoms with Crippen molar-refractivity contribution in [3.8, 4) is 11.8 Å². The standard InChI is InChI=1S/C18H24N2O/c21-13-3-6-17-4-1-2-5-18(17)15-20-11-9-19(10-12-20)14-16-7-8-16/h1-2,4-5,16,21H,7-15H2. The Hall–Kier alpha value is -1.34. The average molecular weight is 284 g/mol. The van der Waals surface area contributed by atoms with Gasteiger partial charge in [-0.25, -0.2) is 0 Å². The summed E-state index contributed by atoms with van der Waals surface area (Å²) in [6.07, 6.45) is 2.88. The highest BCUT2D eigenvalue weighted by atomic mass is 16.2. The minimum Gasteiger partial charge on any atom is -0.384 e. The number of aliphatic hydroxyl groups excluding tert-OH is 1. The maximum absolute atomic E-state index is 8.86. The van der Waals surface area contributed by atoms with Crippen LogP contribution in [-0.4, -0.2) is 54.2 Å². The number of rotatable bonds is 4. The highest BCUT2D eigenvalue weighted by Gasteiger charge is 2.26. The van der Waals surface area contributed by atoms with Crippen LogP contribution in [-0.2, 0) is 6.54 Å². The van der Waals surface area contributed by atoms with E-state index in [-0.39, 0.29) is 6.61 Å². The van der Waals surface area contributed by atoms with Crippen LogP contribution in [0.15, 0.2) is 24.3 Å². The van der Waals surface area contributed by atoms with Crippen molar-refractivity contribution in [3.63, 3.8) is 0 Å². The van der Waals surface area contributed by atoms with Gasteiger partial charge in [0, 0.05) is 44.8 Å². The van der Waals surface area contributed by atoms with Crippen LogP contribution in [0.4, 0.5) is 0 Å². The minimum atomic E-state index is -0.0752. The Kier molecular flexibility index (Phi) is 4.92. The van der Waals surface area contributed by atoms with Gasteiger partial charge in [0.1, 0.15) is 6.61 Å². The molecule has 1 N–H and O–H groups in total. The first-order valence-electron chi connectivity index (χ1n) is 7.97. The molecule has 1 aromatic rings. The molecule has 0 unspecified atom stereocenters. The second-order valence-corrected chi connectivity index (χ2v) is 6.14. The zero-order valence-electron chi connectivity index (χ0n) is 12.6. The van der Waals surface area contributed by atoms with E-state index in [1.807, 2.05) is 12.1 Å². The highest BCUT2D eigenvalue weighted by Crippen LogP contribution is 2.30. The van der Waals surface area contributed by atoms with Crippen LogP contribution in [0.2, 0.25) is 0 Å². The monoisotopic (exact) mass is 284 g/mol. The third-order valence-corrected chi connectivity index (χ3v) is 4.39. The molecule has 112 valence electrons. The van der Waals surface area contributed by atoms with Gasteiger partial charge in [-0.2, -0.15) is 0 Å². The van der Waals surface area contributed by atoms with E-state index >= 15 is 0 Å². The summed E-state index contributed by atoms with van der Waals surface area (Å²) in [5.41, 5.74) is 2.32. The van der Waals surface area contributed by atoms with E-state index in [9.17, 15) is 0 Å². The van der Waals surface area contributed by atoms with Crippen molar-refractivity contribution >= 4 is 0 Å². The highest BCUT2D eigenvalue weighted by molar-refractivity contribution is 5.41. The summed E-state index contributed by atoms with van der Waals surface area (Å²) in [6, 6.07) is 8.28. The van der Waals surface area contributed by atoms with Crippen LogP contribution in [0.5, 0.6) is 0 Å². The van der Waals surface area contributed by atoms with E-state index < -0.39 is 0 Å². The van der Waals surface area contributed by atoms with Crippen LogP contribution in [0.3, 0.4) is 0 Å². The second kappa shape index (κ2) is 7.09. The molecule has 0 aromatic heterocycles. The lowest BCUT2D eigenvalue weighted by molar-refractivity contribution is 0.123. The molecular formula is C18H24N2O. The molecule has 3 nitrogen and oxygen atoms in total. The molecule has 2 aliphatic rings. The molecule has 1 aromatic carbocycles. The normalized spacial score (nSPS) is 20.0. The fraction of sp³-hybridized carbons (Fsp3) is 0.556. The van der Waals surface area contributed by atoms with Crippen LogP contribution < -0.4 is 0 Å². The van der Waals surface area contributed by atoms with Crippen molar-refractivity contribution in [2.75, 3.05) is 39.3 Å². The van der Waals surface area contributed by atoms with Crippen molar-refractivity contribution in [3.05, 3.63) is 35.4 Å². The molecule has 0 spiro atoms. The van der Waals surface area contributed by atoms with Gasteiger partial charge in [-0.1, -0.05) is 30.0 Å². The molecule has 3 rings (SSSR count). The summed E-state index contributed by atoms with van der Waals surface area (Å²) in [6.45, 7) is 6.89. The summed E-state index contributed by atoms with van der Waals surface area (Å²) in [5.74, 6) is 6.81. The number of hydrogen-bond donors (Lipinski definition) is 1. The summed E-state index contributed by atoms with van der Waals surface area (Å²) < 4.78 is 0. The van der Waals surface area contributed by atoms with Crippen molar-refractivity contribution in [2.45, 2.75) is 19.4 Å². The Bertz CT molecular complexity index is 520. The Morgan fingerprint density at radius 3 is 2.48 bits per heavy atom. The van der Waals surface area contributed by atoms with Crippen molar-refractivity contribution in [1.29, 1.82) is 0 Å². The number of nitrogens with zero attached hydrogens (tertiary/aromatic N) is 2. The Balaban J connectivity index is 1.55. The summed E-state index contributed by atoms with van der Waals surface area (Å²) in [5, 5.41) is 8.86. The zero-order valence-corrected chi connectivity index (χ0v) is 12.6. The van der Waals surface area contributed by atoms with Gasteiger partial charge in [0.15, 0.2) is 0 Å². The number of hydrogen-bond acceptors (Lipinski definition) is 3. The molecule has 1 aliphatic heterocycles. The maximum atomic E-state index is 8.86. The number of benzene rings is 1. The molecule has 0 atom stereocenters. The molecule has 0 radical (unpaired) electrons. The van der Waals surface area contributed by atoms with Gasteiger partial charge in [0.05, 0.1) is 0 Å². The first kappa shape index (κ1) is 14.6. The predicted molar refractivity (Wildman–Crippen MR) is 84.8 cm³/mol. The third kappa shape index (κ3) is 4.31. The SMILES string of the molecule is OCC#Cc1ccccc1CN1CCN(CC2CC2)CC1. The second-order valence-electron chi connectivity index (χ2n) is 6.14. The fourth-order valence-corrected chi connectivity index (χ4v) is 2.95. The number of aliphatic hydroxyl groups is 1. The van der Waals surface area contributed by atoms with E-state index in [0.29, 0.717) is 0 Å². The molecule has 1 aliphatic carbocycles. The third-order valence-electron chi connectivity index (χ3n) is 4.39. The summed E-state index contributed by atoms with van der Waals surface area (Å²) >= 11 is 0. The molecular weight excluding hydrogens is 260 g/mol. The Labute approximate surface area is 127 Å². The van der Waals surface area contributed by atoms with E-state index in [1.165, 1.54) is 38.0 Å². The van der Waals surface area contributed by atoms with Gasteiger partial charge in [-0.3, -0.25) is 4.90 Å². The molecule has 1 saturated carbocycles. The lowest BCUT2D eigenvalue weighted by atomic mass is 10.1. The van der Waals surface area contributed by atoms with Crippen molar-refractivity contribution in [2.24, 2.45) is 5.92 Å². The van der Waals surface area contributed by atoms with Gasteiger partial charge < -0.3 is 10.0 Å². The quantitative estimate of drug-likeness (QED) is 0.850. The van der Waals surface area contributed by atoms with Crippen LogP contribution in [0.25, 0.3) is 0 Å². The minimum absolute atomic E-state index is 0.0752. The van der Waals surface area contributed by atoms with Gasteiger partial charge >= 0.3 is 0 Å². The largest absolute Gasteiger partial charge is 0.384 e. The first-order valence-corrected chi connectivity index (χ1v) is 7.97. The molecule has 2 fully saturated rings. The Morgan fingerprint density at radius 2 is 1.76 bits per heavy atom. The van der Waals surface area contributed by atoms with Gasteiger partial charge in [0.25, 0.3) is 0 Å². The smallest absolute Gasteiger partial charge is 0.104 e. The molecule has 1 saturated heterocycles. The number of piperazine rings is 1. The van der Waals surface area contributed by atoms with Gasteiger partial charge in [-0.05, 0) is 30.4 Å². The maximum Gasteiger partial charge on any atom is 0.104 e. The van der Waals surface area contributed by atoms with Crippen LogP contribution >= 0.6 is 0 Å². The fourth-order valence-electron chi connectivity index (χ4n) is 2.95. The van der Waals surface area contributed by atoms with E-state index in [0.717, 1.165) is 31.1 Å². The summed E-state index contributed by atoms with van der Waals surface area (Å²) in [7, 11) is 0. The molecule has 0 amide bonds. The lowest BCUT2D eigenvalue weighted by Gasteiger charge is -2.35. The van der Waals surface area contributed by atoms with E-state index in [1.54, 1.807) is 0 Å². The van der Waals surface area contributed by atoms with Crippen molar-refractivity contribution in [1.82, 2.24) is 9.80 Å². The van der Waals surface area contributed by atoms with E-state index in [2.05, 4.69) is 33.8 Å². The first-order chi connectivity index (χ1) is 10.3. The predicted octanol–water partition coefficient (Wildman–Crippen LogP) is 1.56. The zero-order chi connectivity index (χ0) is 14.5. The van der Waals surface area contributed by atoms with Crippen molar-refractivity contribution < 1.29 is 5.11 Å². The average Bonchev–Trinajstić information content (AvgIpc) is 3.32. The summed E-state index contributed by atoms with van der Waals surface area (Å²) in [4.78, 5) is 5.13. The molecule has 21 heavy (non-hydrogen) atoms. The molecule has 1 heterocycles. The Morgan fingerprint density at radius 1 is 1.05 bits per heavy atom.